The van der Waals surface area contributed by atoms with Crippen LogP contribution in [-0.4, -0.2) is 29.1 Å². The molecule has 1 saturated carbocycles. The maximum atomic E-state index is 15.7. The molecule has 2 aliphatic rings. The summed E-state index contributed by atoms with van der Waals surface area (Å²) < 4.78 is 38.1. The molecule has 1 aliphatic carbocycles. The number of aromatic nitrogens is 2. The van der Waals surface area contributed by atoms with Crippen molar-refractivity contribution in [3.05, 3.63) is 101 Å². The molecule has 1 unspecified atom stereocenters. The Morgan fingerprint density at radius 2 is 1.79 bits per heavy atom. The highest BCUT2D eigenvalue weighted by molar-refractivity contribution is 6.34. The Morgan fingerprint density at radius 3 is 2.40 bits per heavy atom. The second-order valence-corrected chi connectivity index (χ2v) is 11.1. The summed E-state index contributed by atoms with van der Waals surface area (Å²) in [6.45, 7) is 4.14. The minimum absolute atomic E-state index is 0.101. The molecule has 1 aromatic heterocycles. The highest BCUT2D eigenvalue weighted by atomic mass is 35.5. The zero-order chi connectivity index (χ0) is 30.2. The lowest BCUT2D eigenvalue weighted by Gasteiger charge is -2.25. The number of halogens is 3. The van der Waals surface area contributed by atoms with Gasteiger partial charge in [-0.2, -0.15) is 0 Å². The molecule has 0 bridgehead atoms. The molecule has 0 saturated heterocycles. The van der Waals surface area contributed by atoms with Gasteiger partial charge >= 0.3 is 0 Å². The fourth-order valence-electron chi connectivity index (χ4n) is 5.56. The van der Waals surface area contributed by atoms with Gasteiger partial charge < -0.3 is 20.4 Å². The normalized spacial score (nSPS) is 19.0. The maximum absolute atomic E-state index is 15.7. The van der Waals surface area contributed by atoms with Crippen LogP contribution in [0.25, 0.3) is 16.8 Å². The molecule has 3 aromatic carbocycles. The summed E-state index contributed by atoms with van der Waals surface area (Å²) in [6, 6.07) is 15.3. The number of hydrogen-bond acceptors (Lipinski definition) is 4. The number of fused-ring (bicyclic) bond motifs is 1. The van der Waals surface area contributed by atoms with Crippen LogP contribution >= 0.6 is 11.6 Å². The van der Waals surface area contributed by atoms with Gasteiger partial charge in [-0.3, -0.25) is 4.79 Å². The molecule has 0 spiro atoms. The first-order valence-corrected chi connectivity index (χ1v) is 14.5. The molecule has 3 N–H and O–H groups in total. The average molecular weight is 595 g/mol. The van der Waals surface area contributed by atoms with Gasteiger partial charge in [0.2, 0.25) is 6.41 Å². The van der Waals surface area contributed by atoms with Gasteiger partial charge in [-0.05, 0) is 62.8 Å². The van der Waals surface area contributed by atoms with Crippen LogP contribution in [0, 0.1) is 24.5 Å². The summed E-state index contributed by atoms with van der Waals surface area (Å²) in [4.78, 5) is 12.6. The number of nitrogens with one attached hydrogen (secondary N) is 1. The Balaban J connectivity index is 0.000000284. The molecule has 0 radical (unpaired) electrons. The maximum Gasteiger partial charge on any atom is 0.204 e. The number of ether oxygens (including phenoxy) is 1. The number of amides is 1. The third-order valence-corrected chi connectivity index (χ3v) is 8.27. The molecule has 1 amide bonds. The number of aryl methyl sites for hydroxylation is 1. The predicted octanol–water partition coefficient (Wildman–Crippen LogP) is 7.34. The minimum atomic E-state index is -0.633. The van der Waals surface area contributed by atoms with Crippen LogP contribution < -0.4 is 15.8 Å². The van der Waals surface area contributed by atoms with Crippen LogP contribution in [0.2, 0.25) is 5.02 Å². The number of primary amides is 1. The fraction of sp³-hybridized carbons (Fsp3) is 0.333. The SMILES string of the molecule is CNC1CCC(C)CC1.Cc1ccc(-n2ccnc2)c(F)c1-c1c(Cl)c(F)cc2c1CC(c1ccccc1)O2.NC=O. The van der Waals surface area contributed by atoms with Crippen molar-refractivity contribution < 1.29 is 18.3 Å². The monoisotopic (exact) mass is 594 g/mol. The summed E-state index contributed by atoms with van der Waals surface area (Å²) in [6.07, 6.45) is 10.8. The predicted molar refractivity (Wildman–Crippen MR) is 163 cm³/mol. The van der Waals surface area contributed by atoms with E-state index >= 15 is 4.39 Å². The van der Waals surface area contributed by atoms with Crippen LogP contribution in [0.1, 0.15) is 55.4 Å². The number of rotatable bonds is 4. The molecule has 1 atom stereocenters. The van der Waals surface area contributed by atoms with E-state index in [4.69, 9.17) is 21.1 Å². The van der Waals surface area contributed by atoms with Crippen molar-refractivity contribution in [2.24, 2.45) is 11.7 Å². The molecule has 9 heteroatoms. The number of hydrogen-bond donors (Lipinski definition) is 2. The van der Waals surface area contributed by atoms with Crippen LogP contribution in [0.15, 0.2) is 67.3 Å². The average Bonchev–Trinajstić information content (AvgIpc) is 3.67. The van der Waals surface area contributed by atoms with E-state index in [-0.39, 0.29) is 23.1 Å². The number of carbonyl (C=O) groups excluding carboxylic acids is 1. The van der Waals surface area contributed by atoms with E-state index in [0.29, 0.717) is 34.5 Å². The Labute approximate surface area is 250 Å². The molecule has 222 valence electrons. The van der Waals surface area contributed by atoms with Crippen molar-refractivity contribution in [2.75, 3.05) is 7.05 Å². The van der Waals surface area contributed by atoms with Crippen molar-refractivity contribution in [2.45, 2.75) is 58.1 Å². The van der Waals surface area contributed by atoms with E-state index in [1.807, 2.05) is 30.3 Å². The van der Waals surface area contributed by atoms with E-state index in [1.165, 1.54) is 38.1 Å². The molecule has 6 nitrogen and oxygen atoms in total. The van der Waals surface area contributed by atoms with Gasteiger partial charge in [0.1, 0.15) is 17.7 Å². The highest BCUT2D eigenvalue weighted by Crippen LogP contribution is 2.48. The zero-order valence-corrected chi connectivity index (χ0v) is 24.9. The number of benzene rings is 3. The molecule has 4 aromatic rings. The standard InChI is InChI=1S/C24H17ClF2N2O.C8H17N.CH3NO/c1-14-7-8-18(29-10-9-28-13-29)24(27)21(14)22-16-11-19(15-5-3-2-4-6-15)30-20(16)12-17(26)23(22)25;1-7-3-5-8(9-2)6-4-7;2-1-3/h2-10,12-13,19H,11H2,1H3;7-9H,3-6H2,1-2H3;1H,(H2,2,3). The van der Waals surface area contributed by atoms with E-state index in [9.17, 15) is 4.39 Å². The lowest BCUT2D eigenvalue weighted by Crippen LogP contribution is -2.29. The van der Waals surface area contributed by atoms with E-state index < -0.39 is 11.6 Å². The molecule has 6 rings (SSSR count). The van der Waals surface area contributed by atoms with Gasteiger partial charge in [-0.25, -0.2) is 13.8 Å². The van der Waals surface area contributed by atoms with E-state index in [2.05, 4.69) is 30.0 Å². The highest BCUT2D eigenvalue weighted by Gasteiger charge is 2.32. The summed E-state index contributed by atoms with van der Waals surface area (Å²) in [7, 11) is 2.07. The van der Waals surface area contributed by atoms with Crippen LogP contribution in [0.3, 0.4) is 0 Å². The second-order valence-electron chi connectivity index (χ2n) is 10.7. The van der Waals surface area contributed by atoms with Gasteiger partial charge in [0.05, 0.1) is 17.0 Å². The van der Waals surface area contributed by atoms with Crippen LogP contribution in [-0.2, 0) is 11.2 Å². The largest absolute Gasteiger partial charge is 0.485 e. The van der Waals surface area contributed by atoms with Crippen molar-refractivity contribution in [3.63, 3.8) is 0 Å². The summed E-state index contributed by atoms with van der Waals surface area (Å²) in [5.74, 6) is 0.263. The Hall–Kier alpha value is -3.75. The van der Waals surface area contributed by atoms with E-state index in [0.717, 1.165) is 17.5 Å². The van der Waals surface area contributed by atoms with Gasteiger partial charge in [-0.1, -0.05) is 54.9 Å². The van der Waals surface area contributed by atoms with Crippen LogP contribution in [0.5, 0.6) is 5.75 Å². The van der Waals surface area contributed by atoms with Crippen LogP contribution in [0.4, 0.5) is 8.78 Å². The summed E-state index contributed by atoms with van der Waals surface area (Å²) in [5, 5.41) is 3.22. The molecular formula is C33H37ClF2N4O2. The van der Waals surface area contributed by atoms with Crippen molar-refractivity contribution in [3.8, 4) is 22.6 Å². The Morgan fingerprint density at radius 1 is 1.10 bits per heavy atom. The zero-order valence-electron chi connectivity index (χ0n) is 24.1. The number of nitrogens with zero attached hydrogens (tertiary/aromatic N) is 2. The molecule has 1 aliphatic heterocycles. The molecule has 1 fully saturated rings. The molecule has 42 heavy (non-hydrogen) atoms. The lowest BCUT2D eigenvalue weighted by atomic mass is 9.87. The Kier molecular flexibility index (Phi) is 10.7. The topological polar surface area (TPSA) is 82.2 Å². The third kappa shape index (κ3) is 6.99. The molecule has 2 heterocycles. The third-order valence-electron chi connectivity index (χ3n) is 7.90. The van der Waals surface area contributed by atoms with Crippen molar-refractivity contribution in [1.82, 2.24) is 14.9 Å². The van der Waals surface area contributed by atoms with Crippen molar-refractivity contribution in [1.29, 1.82) is 0 Å². The number of carbonyl (C=O) groups is 1. The lowest BCUT2D eigenvalue weighted by molar-refractivity contribution is -0.106. The summed E-state index contributed by atoms with van der Waals surface area (Å²) >= 11 is 6.41. The second kappa shape index (κ2) is 14.4. The first kappa shape index (κ1) is 31.2. The fourth-order valence-corrected chi connectivity index (χ4v) is 5.82. The minimum Gasteiger partial charge on any atom is -0.485 e. The summed E-state index contributed by atoms with van der Waals surface area (Å²) in [5.41, 5.74) is 7.46. The number of imidazole rings is 1. The Bertz CT molecular complexity index is 1470. The van der Waals surface area contributed by atoms with Gasteiger partial charge in [0.15, 0.2) is 5.82 Å². The first-order valence-electron chi connectivity index (χ1n) is 14.1. The smallest absolute Gasteiger partial charge is 0.204 e. The quantitative estimate of drug-likeness (QED) is 0.242. The van der Waals surface area contributed by atoms with Gasteiger partial charge in [0, 0.05) is 47.6 Å². The van der Waals surface area contributed by atoms with Crippen molar-refractivity contribution >= 4 is 18.0 Å². The van der Waals surface area contributed by atoms with E-state index in [1.54, 1.807) is 36.0 Å². The van der Waals surface area contributed by atoms with Gasteiger partial charge in [0.25, 0.3) is 0 Å². The van der Waals surface area contributed by atoms with Gasteiger partial charge in [-0.15, -0.1) is 0 Å². The number of nitrogens with two attached hydrogens (primary N) is 1. The molecular weight excluding hydrogens is 558 g/mol. The first-order chi connectivity index (χ1) is 20.3.